The van der Waals surface area contributed by atoms with Crippen LogP contribution in [0.3, 0.4) is 0 Å². The van der Waals surface area contributed by atoms with Crippen molar-refractivity contribution in [3.05, 3.63) is 48.0 Å². The first-order valence-corrected chi connectivity index (χ1v) is 9.82. The Morgan fingerprint density at radius 1 is 1.10 bits per heavy atom. The Bertz CT molecular complexity index is 1210. The number of hydrogen-bond acceptors (Lipinski definition) is 5. The molecule has 3 aromatic heterocycles. The number of hydrogen-bond donors (Lipinski definition) is 1. The SMILES string of the molecule is COc1c(-c2ccc3nc(C4CCNCC4)ccc3n2)cc2cn(C)nc2c1F. The van der Waals surface area contributed by atoms with Crippen LogP contribution >= 0.6 is 0 Å². The molecule has 0 radical (unpaired) electrons. The third-order valence-electron chi connectivity index (χ3n) is 5.61. The number of ether oxygens (including phenoxy) is 1. The summed E-state index contributed by atoms with van der Waals surface area (Å²) >= 11 is 0. The predicted molar refractivity (Wildman–Crippen MR) is 111 cm³/mol. The van der Waals surface area contributed by atoms with Gasteiger partial charge in [-0.3, -0.25) is 9.67 Å². The van der Waals surface area contributed by atoms with Crippen molar-refractivity contribution in [1.29, 1.82) is 0 Å². The topological polar surface area (TPSA) is 64.9 Å². The summed E-state index contributed by atoms with van der Waals surface area (Å²) in [5, 5.41) is 8.29. The number of nitrogens with one attached hydrogen (secondary N) is 1. The standard InChI is InChI=1S/C22H22FN5O/c1-28-12-14-11-15(22(29-2)20(23)21(14)27-28)17-4-6-18-19(26-17)5-3-16(25-18)13-7-9-24-10-8-13/h3-6,11-13,24H,7-10H2,1-2H3. The predicted octanol–water partition coefficient (Wildman–Crippen LogP) is 3.80. The van der Waals surface area contributed by atoms with Crippen LogP contribution in [0.15, 0.2) is 36.5 Å². The number of rotatable bonds is 3. The van der Waals surface area contributed by atoms with Crippen LogP contribution in [-0.4, -0.2) is 39.9 Å². The highest BCUT2D eigenvalue weighted by Gasteiger charge is 2.20. The van der Waals surface area contributed by atoms with Gasteiger partial charge in [0.05, 0.1) is 23.8 Å². The van der Waals surface area contributed by atoms with Gasteiger partial charge in [0.1, 0.15) is 5.52 Å². The van der Waals surface area contributed by atoms with Gasteiger partial charge in [0.15, 0.2) is 11.6 Å². The Labute approximate surface area is 167 Å². The molecule has 7 heteroatoms. The third kappa shape index (κ3) is 3.11. The average molecular weight is 391 g/mol. The molecule has 1 aliphatic heterocycles. The van der Waals surface area contributed by atoms with Crippen molar-refractivity contribution in [1.82, 2.24) is 25.1 Å². The van der Waals surface area contributed by atoms with Gasteiger partial charge in [-0.15, -0.1) is 0 Å². The number of aromatic nitrogens is 4. The molecule has 0 atom stereocenters. The van der Waals surface area contributed by atoms with E-state index in [-0.39, 0.29) is 5.75 Å². The van der Waals surface area contributed by atoms with E-state index in [4.69, 9.17) is 14.7 Å². The summed E-state index contributed by atoms with van der Waals surface area (Å²) < 4.78 is 21.9. The molecule has 0 unspecified atom stereocenters. The Hall–Kier alpha value is -3.06. The molecule has 148 valence electrons. The van der Waals surface area contributed by atoms with Crippen molar-refractivity contribution >= 4 is 21.9 Å². The van der Waals surface area contributed by atoms with E-state index in [9.17, 15) is 4.39 Å². The monoisotopic (exact) mass is 391 g/mol. The van der Waals surface area contributed by atoms with Crippen LogP contribution in [0.4, 0.5) is 4.39 Å². The van der Waals surface area contributed by atoms with Crippen LogP contribution in [-0.2, 0) is 7.05 Å². The number of methoxy groups -OCH3 is 1. The number of piperidine rings is 1. The molecule has 1 aromatic carbocycles. The van der Waals surface area contributed by atoms with Crippen molar-refractivity contribution in [3.8, 4) is 17.0 Å². The number of fused-ring (bicyclic) bond motifs is 2. The zero-order valence-corrected chi connectivity index (χ0v) is 16.4. The van der Waals surface area contributed by atoms with Crippen molar-refractivity contribution in [2.75, 3.05) is 20.2 Å². The summed E-state index contributed by atoms with van der Waals surface area (Å²) in [5.41, 5.74) is 4.31. The highest BCUT2D eigenvalue weighted by molar-refractivity contribution is 5.89. The van der Waals surface area contributed by atoms with E-state index in [1.807, 2.05) is 24.3 Å². The summed E-state index contributed by atoms with van der Waals surface area (Å²) in [6.07, 6.45) is 3.99. The minimum absolute atomic E-state index is 0.155. The van der Waals surface area contributed by atoms with Crippen LogP contribution in [0.25, 0.3) is 33.2 Å². The molecular weight excluding hydrogens is 369 g/mol. The first-order valence-electron chi connectivity index (χ1n) is 9.82. The van der Waals surface area contributed by atoms with E-state index >= 15 is 0 Å². The molecule has 29 heavy (non-hydrogen) atoms. The Balaban J connectivity index is 1.60. The average Bonchev–Trinajstić information content (AvgIpc) is 3.14. The molecule has 4 heterocycles. The largest absolute Gasteiger partial charge is 0.493 e. The Morgan fingerprint density at radius 2 is 1.86 bits per heavy atom. The molecule has 6 nitrogen and oxygen atoms in total. The molecule has 1 aliphatic rings. The second kappa shape index (κ2) is 7.08. The highest BCUT2D eigenvalue weighted by Crippen LogP contribution is 2.36. The summed E-state index contributed by atoms with van der Waals surface area (Å²) in [6, 6.07) is 9.77. The van der Waals surface area contributed by atoms with Crippen LogP contribution in [0.2, 0.25) is 0 Å². The van der Waals surface area contributed by atoms with Gasteiger partial charge in [0, 0.05) is 35.8 Å². The lowest BCUT2D eigenvalue weighted by Gasteiger charge is -2.22. The van der Waals surface area contributed by atoms with E-state index in [1.54, 1.807) is 17.9 Å². The maximum absolute atomic E-state index is 15.0. The van der Waals surface area contributed by atoms with Gasteiger partial charge in [-0.2, -0.15) is 5.10 Å². The van der Waals surface area contributed by atoms with Crippen LogP contribution in [0, 0.1) is 5.82 Å². The molecule has 0 saturated carbocycles. The van der Waals surface area contributed by atoms with Crippen molar-refractivity contribution in [2.45, 2.75) is 18.8 Å². The van der Waals surface area contributed by atoms with E-state index in [0.717, 1.165) is 42.7 Å². The normalized spacial score (nSPS) is 15.3. The quantitative estimate of drug-likeness (QED) is 0.576. The molecule has 4 aromatic rings. The molecule has 0 bridgehead atoms. The zero-order chi connectivity index (χ0) is 20.0. The fraction of sp³-hybridized carbons (Fsp3) is 0.318. The van der Waals surface area contributed by atoms with Gasteiger partial charge in [0.25, 0.3) is 0 Å². The van der Waals surface area contributed by atoms with Crippen molar-refractivity contribution in [3.63, 3.8) is 0 Å². The van der Waals surface area contributed by atoms with E-state index in [2.05, 4.69) is 16.5 Å². The Kier molecular flexibility index (Phi) is 4.39. The number of benzene rings is 1. The van der Waals surface area contributed by atoms with E-state index in [1.165, 1.54) is 7.11 Å². The van der Waals surface area contributed by atoms with Gasteiger partial charge in [-0.1, -0.05) is 0 Å². The van der Waals surface area contributed by atoms with E-state index < -0.39 is 5.82 Å². The van der Waals surface area contributed by atoms with Gasteiger partial charge in [-0.05, 0) is 56.3 Å². The van der Waals surface area contributed by atoms with Gasteiger partial charge >= 0.3 is 0 Å². The zero-order valence-electron chi connectivity index (χ0n) is 16.4. The summed E-state index contributed by atoms with van der Waals surface area (Å²) in [7, 11) is 3.23. The number of halogens is 1. The van der Waals surface area contributed by atoms with Crippen LogP contribution in [0.1, 0.15) is 24.5 Å². The molecule has 0 aliphatic carbocycles. The lowest BCUT2D eigenvalue weighted by molar-refractivity contribution is 0.390. The maximum Gasteiger partial charge on any atom is 0.193 e. The van der Waals surface area contributed by atoms with Gasteiger partial charge < -0.3 is 10.1 Å². The number of aryl methyl sites for hydroxylation is 1. The molecule has 0 spiro atoms. The number of nitrogens with zero attached hydrogens (tertiary/aromatic N) is 4. The second-order valence-electron chi connectivity index (χ2n) is 7.51. The minimum atomic E-state index is -0.470. The van der Waals surface area contributed by atoms with Crippen LogP contribution in [0.5, 0.6) is 5.75 Å². The summed E-state index contributed by atoms with van der Waals surface area (Å²) in [4.78, 5) is 9.58. The lowest BCUT2D eigenvalue weighted by atomic mass is 9.94. The van der Waals surface area contributed by atoms with E-state index in [0.29, 0.717) is 28.1 Å². The second-order valence-corrected chi connectivity index (χ2v) is 7.51. The fourth-order valence-electron chi connectivity index (χ4n) is 4.14. The number of pyridine rings is 2. The van der Waals surface area contributed by atoms with Gasteiger partial charge in [-0.25, -0.2) is 9.37 Å². The van der Waals surface area contributed by atoms with Gasteiger partial charge in [0.2, 0.25) is 0 Å². The van der Waals surface area contributed by atoms with Crippen LogP contribution < -0.4 is 10.1 Å². The lowest BCUT2D eigenvalue weighted by Crippen LogP contribution is -2.27. The molecule has 1 N–H and O–H groups in total. The summed E-state index contributed by atoms with van der Waals surface area (Å²) in [5.74, 6) is 0.173. The van der Waals surface area contributed by atoms with Crippen molar-refractivity contribution < 1.29 is 9.13 Å². The minimum Gasteiger partial charge on any atom is -0.493 e. The third-order valence-corrected chi connectivity index (χ3v) is 5.61. The van der Waals surface area contributed by atoms with Crippen molar-refractivity contribution in [2.24, 2.45) is 7.05 Å². The molecule has 1 fully saturated rings. The Morgan fingerprint density at radius 3 is 2.66 bits per heavy atom. The fourth-order valence-corrected chi connectivity index (χ4v) is 4.14. The molecule has 1 saturated heterocycles. The first kappa shape index (κ1) is 18.0. The molecule has 0 amide bonds. The summed E-state index contributed by atoms with van der Waals surface area (Å²) in [6.45, 7) is 2.06. The highest BCUT2D eigenvalue weighted by atomic mass is 19.1. The maximum atomic E-state index is 15.0. The smallest absolute Gasteiger partial charge is 0.193 e. The first-order chi connectivity index (χ1) is 14.1. The molecule has 5 rings (SSSR count). The molecular formula is C22H22FN5O.